The summed E-state index contributed by atoms with van der Waals surface area (Å²) in [5, 5.41) is 13.1. The average Bonchev–Trinajstić information content (AvgIpc) is 2.53. The summed E-state index contributed by atoms with van der Waals surface area (Å²) in [6, 6.07) is 12.8. The summed E-state index contributed by atoms with van der Waals surface area (Å²) in [4.78, 5) is 13.2. The quantitative estimate of drug-likeness (QED) is 0.832. The maximum absolute atomic E-state index is 12.9. The van der Waals surface area contributed by atoms with Gasteiger partial charge in [-0.3, -0.25) is 4.79 Å². The predicted octanol–water partition coefficient (Wildman–Crippen LogP) is 3.19. The van der Waals surface area contributed by atoms with Crippen LogP contribution in [0.4, 0.5) is 4.39 Å². The zero-order valence-electron chi connectivity index (χ0n) is 12.5. The summed E-state index contributed by atoms with van der Waals surface area (Å²) in [5.41, 5.74) is -0.178. The van der Waals surface area contributed by atoms with E-state index in [9.17, 15) is 14.3 Å². The van der Waals surface area contributed by atoms with Crippen LogP contribution in [-0.4, -0.2) is 23.8 Å². The second-order valence-electron chi connectivity index (χ2n) is 5.19. The minimum absolute atomic E-state index is 0.0434. The molecule has 0 aliphatic heterocycles. The number of carbonyl (C=O) groups is 1. The van der Waals surface area contributed by atoms with Crippen molar-refractivity contribution in [3.63, 3.8) is 0 Å². The van der Waals surface area contributed by atoms with Crippen molar-refractivity contribution in [2.24, 2.45) is 0 Å². The van der Waals surface area contributed by atoms with Gasteiger partial charge in [0, 0.05) is 10.5 Å². The van der Waals surface area contributed by atoms with Gasteiger partial charge in [-0.05, 0) is 55.1 Å². The number of halogens is 1. The molecule has 5 heteroatoms. The van der Waals surface area contributed by atoms with E-state index in [2.05, 4.69) is 5.32 Å². The van der Waals surface area contributed by atoms with E-state index < -0.39 is 5.60 Å². The van der Waals surface area contributed by atoms with Crippen LogP contribution < -0.4 is 5.32 Å². The lowest BCUT2D eigenvalue weighted by Crippen LogP contribution is -2.38. The van der Waals surface area contributed by atoms with Gasteiger partial charge < -0.3 is 10.4 Å². The number of rotatable bonds is 5. The van der Waals surface area contributed by atoms with Crippen LogP contribution in [0.15, 0.2) is 53.4 Å². The number of nitrogens with one attached hydrogen (secondary N) is 1. The fourth-order valence-corrected chi connectivity index (χ4v) is 2.42. The molecule has 0 heterocycles. The summed E-state index contributed by atoms with van der Waals surface area (Å²) >= 11 is 1.60. The summed E-state index contributed by atoms with van der Waals surface area (Å²) in [5.74, 6) is -0.618. The number of hydrogen-bond acceptors (Lipinski definition) is 3. The summed E-state index contributed by atoms with van der Waals surface area (Å²) in [7, 11) is 0. The molecule has 0 fully saturated rings. The van der Waals surface area contributed by atoms with Gasteiger partial charge in [-0.2, -0.15) is 0 Å². The number of aliphatic hydroxyl groups is 1. The van der Waals surface area contributed by atoms with Crippen molar-refractivity contribution in [3.8, 4) is 0 Å². The Kier molecular flexibility index (Phi) is 5.21. The third kappa shape index (κ3) is 4.08. The van der Waals surface area contributed by atoms with Crippen LogP contribution in [0.3, 0.4) is 0 Å². The van der Waals surface area contributed by atoms with Gasteiger partial charge in [-0.25, -0.2) is 4.39 Å². The molecular weight excluding hydrogens is 301 g/mol. The van der Waals surface area contributed by atoms with Gasteiger partial charge in [0.05, 0.1) is 6.54 Å². The van der Waals surface area contributed by atoms with Gasteiger partial charge in [0.1, 0.15) is 11.4 Å². The Bertz CT molecular complexity index is 639. The van der Waals surface area contributed by atoms with E-state index in [0.29, 0.717) is 11.1 Å². The number of thioether (sulfide) groups is 1. The maximum Gasteiger partial charge on any atom is 0.251 e. The second-order valence-corrected chi connectivity index (χ2v) is 6.07. The first-order chi connectivity index (χ1) is 10.4. The van der Waals surface area contributed by atoms with E-state index in [1.165, 1.54) is 24.3 Å². The highest BCUT2D eigenvalue weighted by Crippen LogP contribution is 2.20. The molecule has 0 saturated carbocycles. The molecule has 1 atom stereocenters. The van der Waals surface area contributed by atoms with E-state index in [4.69, 9.17) is 0 Å². The molecule has 3 nitrogen and oxygen atoms in total. The van der Waals surface area contributed by atoms with Crippen molar-refractivity contribution >= 4 is 17.7 Å². The number of carbonyl (C=O) groups excluding carboxylic acids is 1. The largest absolute Gasteiger partial charge is 0.384 e. The molecule has 0 radical (unpaired) electrons. The summed E-state index contributed by atoms with van der Waals surface area (Å²) in [6.07, 6.45) is 1.97. The van der Waals surface area contributed by atoms with E-state index in [1.807, 2.05) is 18.4 Å². The van der Waals surface area contributed by atoms with Crippen molar-refractivity contribution in [1.82, 2.24) is 5.32 Å². The van der Waals surface area contributed by atoms with Crippen LogP contribution in [-0.2, 0) is 5.60 Å². The fraction of sp³-hybridized carbons (Fsp3) is 0.235. The first kappa shape index (κ1) is 16.5. The molecule has 2 aromatic rings. The summed E-state index contributed by atoms with van der Waals surface area (Å²) < 4.78 is 12.9. The van der Waals surface area contributed by atoms with Crippen molar-refractivity contribution in [2.45, 2.75) is 17.4 Å². The molecule has 2 N–H and O–H groups in total. The molecule has 22 heavy (non-hydrogen) atoms. The Morgan fingerprint density at radius 1 is 1.18 bits per heavy atom. The molecule has 2 aromatic carbocycles. The molecule has 0 aliphatic rings. The Morgan fingerprint density at radius 3 is 2.32 bits per heavy atom. The standard InChI is InChI=1S/C17H18FNO2S/c1-17(21,13-5-7-14(18)8-6-13)11-19-16(20)12-3-9-15(22-2)10-4-12/h3-10,21H,11H2,1-2H3,(H,19,20). The fourth-order valence-electron chi connectivity index (χ4n) is 2.01. The smallest absolute Gasteiger partial charge is 0.251 e. The maximum atomic E-state index is 12.9. The Labute approximate surface area is 133 Å². The molecule has 1 unspecified atom stereocenters. The molecule has 0 saturated heterocycles. The number of benzene rings is 2. The number of amides is 1. The predicted molar refractivity (Wildman–Crippen MR) is 86.5 cm³/mol. The van der Waals surface area contributed by atoms with Crippen LogP contribution in [0.2, 0.25) is 0 Å². The van der Waals surface area contributed by atoms with E-state index in [-0.39, 0.29) is 18.3 Å². The van der Waals surface area contributed by atoms with Gasteiger partial charge in [-0.1, -0.05) is 12.1 Å². The van der Waals surface area contributed by atoms with Gasteiger partial charge >= 0.3 is 0 Å². The van der Waals surface area contributed by atoms with Gasteiger partial charge in [-0.15, -0.1) is 11.8 Å². The minimum Gasteiger partial charge on any atom is -0.384 e. The lowest BCUT2D eigenvalue weighted by Gasteiger charge is -2.24. The SMILES string of the molecule is CSc1ccc(C(=O)NCC(C)(O)c2ccc(F)cc2)cc1. The van der Waals surface area contributed by atoms with Crippen molar-refractivity contribution in [2.75, 3.05) is 12.8 Å². The number of hydrogen-bond donors (Lipinski definition) is 2. The zero-order valence-corrected chi connectivity index (χ0v) is 13.3. The molecule has 0 spiro atoms. The van der Waals surface area contributed by atoms with Crippen molar-refractivity contribution in [1.29, 1.82) is 0 Å². The van der Waals surface area contributed by atoms with Crippen LogP contribution >= 0.6 is 11.8 Å². The van der Waals surface area contributed by atoms with Gasteiger partial charge in [0.25, 0.3) is 5.91 Å². The highest BCUT2D eigenvalue weighted by molar-refractivity contribution is 7.98. The molecule has 116 valence electrons. The van der Waals surface area contributed by atoms with E-state index in [0.717, 1.165) is 4.90 Å². The third-order valence-electron chi connectivity index (χ3n) is 3.41. The van der Waals surface area contributed by atoms with Gasteiger partial charge in [0.15, 0.2) is 0 Å². The second kappa shape index (κ2) is 6.94. The van der Waals surface area contributed by atoms with Crippen LogP contribution in [0.5, 0.6) is 0 Å². The highest BCUT2D eigenvalue weighted by Gasteiger charge is 2.24. The zero-order chi connectivity index (χ0) is 16.2. The van der Waals surface area contributed by atoms with Crippen LogP contribution in [0.25, 0.3) is 0 Å². The molecule has 0 aliphatic carbocycles. The topological polar surface area (TPSA) is 49.3 Å². The summed E-state index contributed by atoms with van der Waals surface area (Å²) in [6.45, 7) is 1.62. The molecular formula is C17H18FNO2S. The van der Waals surface area contributed by atoms with Crippen molar-refractivity contribution < 1.29 is 14.3 Å². The Hall–Kier alpha value is -1.85. The Morgan fingerprint density at radius 2 is 1.77 bits per heavy atom. The third-order valence-corrected chi connectivity index (χ3v) is 4.16. The van der Waals surface area contributed by atoms with Crippen LogP contribution in [0, 0.1) is 5.82 Å². The first-order valence-electron chi connectivity index (χ1n) is 6.83. The lowest BCUT2D eigenvalue weighted by atomic mass is 9.96. The highest BCUT2D eigenvalue weighted by atomic mass is 32.2. The van der Waals surface area contributed by atoms with Crippen molar-refractivity contribution in [3.05, 3.63) is 65.5 Å². The van der Waals surface area contributed by atoms with Crippen LogP contribution in [0.1, 0.15) is 22.8 Å². The normalized spacial score (nSPS) is 13.5. The molecule has 0 aromatic heterocycles. The Balaban J connectivity index is 2.01. The molecule has 2 rings (SSSR count). The first-order valence-corrected chi connectivity index (χ1v) is 8.05. The monoisotopic (exact) mass is 319 g/mol. The minimum atomic E-state index is -1.26. The molecule has 0 bridgehead atoms. The average molecular weight is 319 g/mol. The van der Waals surface area contributed by atoms with E-state index in [1.54, 1.807) is 30.8 Å². The van der Waals surface area contributed by atoms with Gasteiger partial charge in [0.2, 0.25) is 0 Å². The van der Waals surface area contributed by atoms with E-state index >= 15 is 0 Å². The molecule has 1 amide bonds. The lowest BCUT2D eigenvalue weighted by molar-refractivity contribution is 0.0526.